The molecule has 164 valence electrons. The highest BCUT2D eigenvalue weighted by atomic mass is 16.5. The van der Waals surface area contributed by atoms with E-state index in [1.807, 2.05) is 34.6 Å². The second kappa shape index (κ2) is 7.16. The van der Waals surface area contributed by atoms with Crippen LogP contribution < -0.4 is 0 Å². The molecule has 0 unspecified atom stereocenters. The standard InChI is InChI=1S/C25H34O5/c1-13(2)11-19-21-16(5)17-8-7-15(4)25(17,28)23(27)22(21)24(6,30-19)10-9-18-14(3)12-20(26)29-18/h11-12,15-19,28H,7-10H2,1-6H3/t15-,16-,17-,18-,19+,24-,25-/m0/s1. The van der Waals surface area contributed by atoms with Crippen LogP contribution in [0.15, 0.2) is 34.4 Å². The molecule has 1 N–H and O–H groups in total. The smallest absolute Gasteiger partial charge is 0.331 e. The number of esters is 1. The lowest BCUT2D eigenvalue weighted by molar-refractivity contribution is -0.147. The summed E-state index contributed by atoms with van der Waals surface area (Å²) in [7, 11) is 0. The molecule has 0 amide bonds. The molecule has 0 spiro atoms. The Balaban J connectivity index is 1.73. The molecule has 4 aliphatic rings. The minimum atomic E-state index is -1.31. The summed E-state index contributed by atoms with van der Waals surface area (Å²) in [6.07, 6.45) is 5.96. The van der Waals surface area contributed by atoms with Crippen molar-refractivity contribution < 1.29 is 24.2 Å². The van der Waals surface area contributed by atoms with E-state index in [1.54, 1.807) is 0 Å². The van der Waals surface area contributed by atoms with Crippen LogP contribution in [-0.4, -0.2) is 40.3 Å². The number of carbonyl (C=O) groups is 2. The van der Waals surface area contributed by atoms with Crippen LogP contribution in [-0.2, 0) is 19.1 Å². The lowest BCUT2D eigenvalue weighted by atomic mass is 9.62. The van der Waals surface area contributed by atoms with Crippen molar-refractivity contribution in [3.8, 4) is 0 Å². The van der Waals surface area contributed by atoms with Crippen LogP contribution in [0.25, 0.3) is 0 Å². The Morgan fingerprint density at radius 2 is 1.97 bits per heavy atom. The summed E-state index contributed by atoms with van der Waals surface area (Å²) in [5, 5.41) is 11.6. The number of ketones is 1. The fraction of sp³-hybridized carbons (Fsp3) is 0.680. The van der Waals surface area contributed by atoms with Gasteiger partial charge in [-0.05, 0) is 76.4 Å². The van der Waals surface area contributed by atoms with Crippen LogP contribution in [0.5, 0.6) is 0 Å². The van der Waals surface area contributed by atoms with Crippen LogP contribution in [0.1, 0.15) is 67.2 Å². The highest BCUT2D eigenvalue weighted by Gasteiger charge is 2.63. The maximum Gasteiger partial charge on any atom is 0.331 e. The van der Waals surface area contributed by atoms with Crippen LogP contribution in [0, 0.1) is 17.8 Å². The van der Waals surface area contributed by atoms with Crippen LogP contribution in [0.3, 0.4) is 0 Å². The Morgan fingerprint density at radius 1 is 1.27 bits per heavy atom. The Labute approximate surface area is 179 Å². The number of hydrogen-bond donors (Lipinski definition) is 1. The van der Waals surface area contributed by atoms with Gasteiger partial charge in [0, 0.05) is 17.6 Å². The van der Waals surface area contributed by atoms with Crippen molar-refractivity contribution in [2.24, 2.45) is 17.8 Å². The number of Topliss-reactive ketones (excluding diaryl/α,β-unsaturated/α-hetero) is 1. The van der Waals surface area contributed by atoms with Gasteiger partial charge in [0.15, 0.2) is 5.78 Å². The number of cyclic esters (lactones) is 1. The number of carbonyl (C=O) groups excluding carboxylic acids is 2. The maximum absolute atomic E-state index is 13.8. The molecule has 2 aliphatic carbocycles. The van der Waals surface area contributed by atoms with Crippen LogP contribution >= 0.6 is 0 Å². The van der Waals surface area contributed by atoms with Crippen LogP contribution in [0.4, 0.5) is 0 Å². The monoisotopic (exact) mass is 414 g/mol. The Hall–Kier alpha value is -1.72. The summed E-state index contributed by atoms with van der Waals surface area (Å²) in [6.45, 7) is 12.1. The third-order valence-corrected chi connectivity index (χ3v) is 7.90. The van der Waals surface area contributed by atoms with Crippen molar-refractivity contribution in [3.05, 3.63) is 34.4 Å². The van der Waals surface area contributed by atoms with E-state index in [1.165, 1.54) is 6.08 Å². The molecular formula is C25H34O5. The van der Waals surface area contributed by atoms with E-state index in [9.17, 15) is 14.7 Å². The molecule has 0 aromatic carbocycles. The molecule has 30 heavy (non-hydrogen) atoms. The SMILES string of the molecule is CC(C)=C[C@H]1O[C@@](C)(CC[C@@H]2OC(=O)C=C2C)C2=C1[C@@H](C)[C@@H]1CC[C@H](C)[C@@]1(O)C2=O. The van der Waals surface area contributed by atoms with Gasteiger partial charge in [0.25, 0.3) is 0 Å². The fourth-order valence-electron chi connectivity index (χ4n) is 6.23. The molecule has 0 aromatic rings. The topological polar surface area (TPSA) is 72.8 Å². The number of fused-ring (bicyclic) bond motifs is 1. The molecule has 0 aromatic heterocycles. The Bertz CT molecular complexity index is 876. The van der Waals surface area contributed by atoms with Gasteiger partial charge in [0.1, 0.15) is 11.7 Å². The molecule has 7 atom stereocenters. The van der Waals surface area contributed by atoms with Crippen molar-refractivity contribution in [1.29, 1.82) is 0 Å². The average Bonchev–Trinajstić information content (AvgIpc) is 3.24. The molecule has 5 nitrogen and oxygen atoms in total. The minimum absolute atomic E-state index is 0.0563. The van der Waals surface area contributed by atoms with Crippen LogP contribution in [0.2, 0.25) is 0 Å². The van der Waals surface area contributed by atoms with Gasteiger partial charge in [0.2, 0.25) is 0 Å². The second-order valence-corrected chi connectivity index (χ2v) is 10.2. The minimum Gasteiger partial charge on any atom is -0.455 e. The third kappa shape index (κ3) is 3.04. The Morgan fingerprint density at radius 3 is 2.57 bits per heavy atom. The molecule has 0 bridgehead atoms. The molecule has 2 heterocycles. The molecule has 1 fully saturated rings. The molecular weight excluding hydrogens is 380 g/mol. The van der Waals surface area contributed by atoms with E-state index in [0.29, 0.717) is 18.4 Å². The second-order valence-electron chi connectivity index (χ2n) is 10.2. The number of aliphatic hydroxyl groups is 1. The van der Waals surface area contributed by atoms with Gasteiger partial charge in [-0.25, -0.2) is 4.79 Å². The number of rotatable bonds is 4. The van der Waals surface area contributed by atoms with Crippen molar-refractivity contribution in [3.63, 3.8) is 0 Å². The van der Waals surface area contributed by atoms with E-state index >= 15 is 0 Å². The molecule has 0 saturated heterocycles. The summed E-state index contributed by atoms with van der Waals surface area (Å²) in [6, 6.07) is 0. The zero-order valence-electron chi connectivity index (χ0n) is 19.0. The van der Waals surface area contributed by atoms with Gasteiger partial charge in [-0.2, -0.15) is 0 Å². The van der Waals surface area contributed by atoms with Gasteiger partial charge in [-0.3, -0.25) is 4.79 Å². The first kappa shape index (κ1) is 21.5. The zero-order valence-corrected chi connectivity index (χ0v) is 19.0. The molecule has 1 saturated carbocycles. The van der Waals surface area contributed by atoms with E-state index in [4.69, 9.17) is 9.47 Å². The predicted molar refractivity (Wildman–Crippen MR) is 114 cm³/mol. The van der Waals surface area contributed by atoms with Gasteiger partial charge < -0.3 is 14.6 Å². The van der Waals surface area contributed by atoms with Crippen molar-refractivity contribution in [1.82, 2.24) is 0 Å². The quantitative estimate of drug-likeness (QED) is 0.555. The normalized spacial score (nSPS) is 42.8. The van der Waals surface area contributed by atoms with Gasteiger partial charge in [0.05, 0.1) is 11.7 Å². The molecule has 4 rings (SSSR count). The van der Waals surface area contributed by atoms with E-state index in [0.717, 1.165) is 29.6 Å². The summed E-state index contributed by atoms with van der Waals surface area (Å²) in [5.74, 6) is -0.482. The van der Waals surface area contributed by atoms with Gasteiger partial charge in [-0.1, -0.05) is 25.5 Å². The summed E-state index contributed by atoms with van der Waals surface area (Å²) >= 11 is 0. The highest BCUT2D eigenvalue weighted by Crippen LogP contribution is 2.57. The molecule has 0 radical (unpaired) electrons. The van der Waals surface area contributed by atoms with Gasteiger partial charge in [-0.15, -0.1) is 0 Å². The first-order chi connectivity index (χ1) is 14.0. The zero-order chi connectivity index (χ0) is 22.0. The van der Waals surface area contributed by atoms with Gasteiger partial charge >= 0.3 is 5.97 Å². The molecule has 5 heteroatoms. The lowest BCUT2D eigenvalue weighted by Crippen LogP contribution is -2.55. The lowest BCUT2D eigenvalue weighted by Gasteiger charge is -2.43. The fourth-order valence-corrected chi connectivity index (χ4v) is 6.23. The largest absolute Gasteiger partial charge is 0.455 e. The predicted octanol–water partition coefficient (Wildman–Crippen LogP) is 4.05. The van der Waals surface area contributed by atoms with E-state index in [2.05, 4.69) is 13.0 Å². The van der Waals surface area contributed by atoms with Crippen molar-refractivity contribution in [2.45, 2.75) is 90.6 Å². The summed E-state index contributed by atoms with van der Waals surface area (Å²) in [5.41, 5.74) is 1.63. The number of ether oxygens (including phenoxy) is 2. The number of allylic oxidation sites excluding steroid dienone is 1. The van der Waals surface area contributed by atoms with E-state index < -0.39 is 11.2 Å². The first-order valence-electron chi connectivity index (χ1n) is 11.2. The van der Waals surface area contributed by atoms with Crippen molar-refractivity contribution in [2.75, 3.05) is 0 Å². The maximum atomic E-state index is 13.8. The van der Waals surface area contributed by atoms with Crippen molar-refractivity contribution >= 4 is 11.8 Å². The van der Waals surface area contributed by atoms with E-state index in [-0.39, 0.29) is 41.7 Å². The summed E-state index contributed by atoms with van der Waals surface area (Å²) < 4.78 is 12.0. The summed E-state index contributed by atoms with van der Waals surface area (Å²) in [4.78, 5) is 25.4. The Kier molecular flexibility index (Phi) is 5.14. The number of hydrogen-bond acceptors (Lipinski definition) is 5. The molecule has 2 aliphatic heterocycles. The average molecular weight is 415 g/mol. The highest BCUT2D eigenvalue weighted by molar-refractivity contribution is 6.06. The third-order valence-electron chi connectivity index (χ3n) is 7.90. The first-order valence-corrected chi connectivity index (χ1v) is 11.2.